The average molecular weight is 364 g/mol. The highest BCUT2D eigenvalue weighted by Crippen LogP contribution is 2.36. The average Bonchev–Trinajstić information content (AvgIpc) is 2.62. The van der Waals surface area contributed by atoms with Crippen molar-refractivity contribution in [3.8, 4) is 23.0 Å². The van der Waals surface area contributed by atoms with Gasteiger partial charge in [-0.05, 0) is 36.8 Å². The fourth-order valence-electron chi connectivity index (χ4n) is 2.73. The fourth-order valence-corrected chi connectivity index (χ4v) is 3.04. The quantitative estimate of drug-likeness (QED) is 0.813. The van der Waals surface area contributed by atoms with Crippen LogP contribution >= 0.6 is 11.6 Å². The van der Waals surface area contributed by atoms with E-state index in [9.17, 15) is 0 Å². The van der Waals surface area contributed by atoms with Crippen LogP contribution in [0, 0.1) is 0 Å². The Morgan fingerprint density at radius 1 is 1.24 bits per heavy atom. The Bertz CT molecular complexity index is 723. The van der Waals surface area contributed by atoms with Crippen LogP contribution in [-0.4, -0.2) is 33.0 Å². The number of ether oxygens (including phenoxy) is 4. The zero-order valence-corrected chi connectivity index (χ0v) is 15.1. The summed E-state index contributed by atoms with van der Waals surface area (Å²) >= 11 is 6.28. The molecular weight excluding hydrogens is 342 g/mol. The van der Waals surface area contributed by atoms with Gasteiger partial charge in [0.1, 0.15) is 12.7 Å². The van der Waals surface area contributed by atoms with Gasteiger partial charge in [-0.3, -0.25) is 0 Å². The summed E-state index contributed by atoms with van der Waals surface area (Å²) in [6.45, 7) is 4.32. The Labute approximate surface area is 152 Å². The number of rotatable bonds is 7. The van der Waals surface area contributed by atoms with Crippen LogP contribution in [0.5, 0.6) is 23.0 Å². The molecule has 2 aromatic carbocycles. The lowest BCUT2D eigenvalue weighted by Gasteiger charge is -2.26. The Morgan fingerprint density at radius 2 is 2.04 bits per heavy atom. The van der Waals surface area contributed by atoms with Gasteiger partial charge >= 0.3 is 0 Å². The smallest absolute Gasteiger partial charge is 0.179 e. The third-order valence-electron chi connectivity index (χ3n) is 3.84. The third kappa shape index (κ3) is 4.30. The Kier molecular flexibility index (Phi) is 5.89. The fraction of sp³-hybridized carbons (Fsp3) is 0.368. The highest BCUT2D eigenvalue weighted by atomic mass is 35.5. The SMILES string of the molecule is CCOc1cc(CNCC2COc3ccccc3O2)cc(Cl)c1OC. The molecule has 0 saturated heterocycles. The van der Waals surface area contributed by atoms with Gasteiger partial charge in [0.2, 0.25) is 0 Å². The zero-order valence-electron chi connectivity index (χ0n) is 14.4. The molecule has 0 aromatic heterocycles. The molecule has 0 bridgehead atoms. The minimum absolute atomic E-state index is 0.0324. The van der Waals surface area contributed by atoms with Gasteiger partial charge in [-0.2, -0.15) is 0 Å². The van der Waals surface area contributed by atoms with Gasteiger partial charge in [-0.1, -0.05) is 23.7 Å². The molecule has 1 atom stereocenters. The molecule has 0 amide bonds. The van der Waals surface area contributed by atoms with E-state index in [1.807, 2.05) is 43.3 Å². The lowest BCUT2D eigenvalue weighted by Crippen LogP contribution is -2.38. The minimum Gasteiger partial charge on any atom is -0.491 e. The van der Waals surface area contributed by atoms with Crippen LogP contribution in [0.4, 0.5) is 0 Å². The Morgan fingerprint density at radius 3 is 2.80 bits per heavy atom. The van der Waals surface area contributed by atoms with Crippen LogP contribution in [0.3, 0.4) is 0 Å². The van der Waals surface area contributed by atoms with E-state index in [2.05, 4.69) is 5.32 Å². The van der Waals surface area contributed by atoms with Crippen molar-refractivity contribution in [2.24, 2.45) is 0 Å². The summed E-state index contributed by atoms with van der Waals surface area (Å²) in [5.41, 5.74) is 1.02. The predicted molar refractivity (Wildman–Crippen MR) is 97.2 cm³/mol. The molecule has 0 saturated carbocycles. The van der Waals surface area contributed by atoms with E-state index in [1.165, 1.54) is 0 Å². The predicted octanol–water partition coefficient (Wildman–Crippen LogP) is 3.68. The maximum Gasteiger partial charge on any atom is 0.179 e. The monoisotopic (exact) mass is 363 g/mol. The number of hydrogen-bond donors (Lipinski definition) is 1. The highest BCUT2D eigenvalue weighted by molar-refractivity contribution is 6.32. The molecule has 0 spiro atoms. The summed E-state index contributed by atoms with van der Waals surface area (Å²) in [7, 11) is 1.58. The zero-order chi connectivity index (χ0) is 17.6. The van der Waals surface area contributed by atoms with Crippen molar-refractivity contribution >= 4 is 11.6 Å². The lowest BCUT2D eigenvalue weighted by atomic mass is 10.2. The molecule has 1 unspecified atom stereocenters. The number of halogens is 1. The van der Waals surface area contributed by atoms with Crippen molar-refractivity contribution in [3.05, 3.63) is 47.0 Å². The van der Waals surface area contributed by atoms with E-state index in [1.54, 1.807) is 7.11 Å². The number of nitrogens with one attached hydrogen (secondary N) is 1. The normalized spacial score (nSPS) is 15.7. The molecule has 2 aromatic rings. The van der Waals surface area contributed by atoms with Crippen LogP contribution in [0.2, 0.25) is 5.02 Å². The molecule has 1 N–H and O–H groups in total. The standard InChI is InChI=1S/C19H22ClNO4/c1-3-23-18-9-13(8-15(20)19(18)22-2)10-21-11-14-12-24-16-6-4-5-7-17(16)25-14/h4-9,14,21H,3,10-12H2,1-2H3. The van der Waals surface area contributed by atoms with Crippen molar-refractivity contribution in [2.45, 2.75) is 19.6 Å². The van der Waals surface area contributed by atoms with Gasteiger partial charge < -0.3 is 24.3 Å². The number of para-hydroxylation sites is 2. The second-order valence-electron chi connectivity index (χ2n) is 5.67. The van der Waals surface area contributed by atoms with Crippen molar-refractivity contribution in [3.63, 3.8) is 0 Å². The highest BCUT2D eigenvalue weighted by Gasteiger charge is 2.20. The molecule has 3 rings (SSSR count). The van der Waals surface area contributed by atoms with E-state index in [0.29, 0.717) is 42.8 Å². The summed E-state index contributed by atoms with van der Waals surface area (Å²) in [4.78, 5) is 0. The number of benzene rings is 2. The van der Waals surface area contributed by atoms with Gasteiger partial charge in [0, 0.05) is 13.1 Å². The number of methoxy groups -OCH3 is 1. The summed E-state index contributed by atoms with van der Waals surface area (Å²) in [6, 6.07) is 11.5. The maximum absolute atomic E-state index is 6.28. The van der Waals surface area contributed by atoms with Gasteiger partial charge in [0.25, 0.3) is 0 Å². The summed E-state index contributed by atoms with van der Waals surface area (Å²) in [5.74, 6) is 2.79. The lowest BCUT2D eigenvalue weighted by molar-refractivity contribution is 0.0902. The summed E-state index contributed by atoms with van der Waals surface area (Å²) in [5, 5.41) is 3.91. The van der Waals surface area contributed by atoms with Crippen LogP contribution < -0.4 is 24.3 Å². The molecule has 0 fully saturated rings. The Balaban J connectivity index is 1.57. The van der Waals surface area contributed by atoms with Crippen LogP contribution in [0.15, 0.2) is 36.4 Å². The first-order valence-corrected chi connectivity index (χ1v) is 8.67. The third-order valence-corrected chi connectivity index (χ3v) is 4.12. The van der Waals surface area contributed by atoms with Crippen molar-refractivity contribution < 1.29 is 18.9 Å². The van der Waals surface area contributed by atoms with Crippen LogP contribution in [0.1, 0.15) is 12.5 Å². The van der Waals surface area contributed by atoms with Crippen LogP contribution in [-0.2, 0) is 6.54 Å². The van der Waals surface area contributed by atoms with Crippen molar-refractivity contribution in [2.75, 3.05) is 26.9 Å². The topological polar surface area (TPSA) is 49.0 Å². The second-order valence-corrected chi connectivity index (χ2v) is 6.08. The molecule has 1 aliphatic rings. The second kappa shape index (κ2) is 8.32. The van der Waals surface area contributed by atoms with Gasteiger partial charge in [0.15, 0.2) is 23.0 Å². The van der Waals surface area contributed by atoms with Gasteiger partial charge in [0.05, 0.1) is 18.7 Å². The molecular formula is C19H22ClNO4. The molecule has 1 heterocycles. The molecule has 6 heteroatoms. The summed E-state index contributed by atoms with van der Waals surface area (Å²) < 4.78 is 22.6. The minimum atomic E-state index is -0.0324. The van der Waals surface area contributed by atoms with E-state index in [4.69, 9.17) is 30.5 Å². The summed E-state index contributed by atoms with van der Waals surface area (Å²) in [6.07, 6.45) is -0.0324. The van der Waals surface area contributed by atoms with Crippen LogP contribution in [0.25, 0.3) is 0 Å². The first-order valence-electron chi connectivity index (χ1n) is 8.29. The van der Waals surface area contributed by atoms with Gasteiger partial charge in [-0.25, -0.2) is 0 Å². The molecule has 5 nitrogen and oxygen atoms in total. The molecule has 0 radical (unpaired) electrons. The van der Waals surface area contributed by atoms with Crippen molar-refractivity contribution in [1.82, 2.24) is 5.32 Å². The first kappa shape index (κ1) is 17.7. The molecule has 1 aliphatic heterocycles. The Hall–Kier alpha value is -2.11. The van der Waals surface area contributed by atoms with E-state index < -0.39 is 0 Å². The number of fused-ring (bicyclic) bond motifs is 1. The molecule has 0 aliphatic carbocycles. The molecule has 25 heavy (non-hydrogen) atoms. The maximum atomic E-state index is 6.28. The van der Waals surface area contributed by atoms with E-state index in [-0.39, 0.29) is 6.10 Å². The van der Waals surface area contributed by atoms with E-state index in [0.717, 1.165) is 17.1 Å². The largest absolute Gasteiger partial charge is 0.491 e. The molecule has 134 valence electrons. The first-order chi connectivity index (χ1) is 12.2. The van der Waals surface area contributed by atoms with E-state index >= 15 is 0 Å². The number of hydrogen-bond acceptors (Lipinski definition) is 5. The van der Waals surface area contributed by atoms with Crippen molar-refractivity contribution in [1.29, 1.82) is 0 Å². The van der Waals surface area contributed by atoms with Gasteiger partial charge in [-0.15, -0.1) is 0 Å².